The summed E-state index contributed by atoms with van der Waals surface area (Å²) in [5.41, 5.74) is 1.10. The van der Waals surface area contributed by atoms with Crippen LogP contribution in [0.2, 0.25) is 0 Å². The molecule has 0 aromatic carbocycles. The van der Waals surface area contributed by atoms with Crippen molar-refractivity contribution in [2.24, 2.45) is 10.4 Å². The zero-order valence-corrected chi connectivity index (χ0v) is 13.3. The Kier molecular flexibility index (Phi) is 4.58. The zero-order chi connectivity index (χ0) is 14.8. The number of nitrogens with zero attached hydrogens (tertiary/aromatic N) is 1. The molecule has 0 spiro atoms. The molecule has 1 aliphatic heterocycles. The molecule has 0 saturated heterocycles. The van der Waals surface area contributed by atoms with Crippen molar-refractivity contribution in [1.82, 2.24) is 0 Å². The zero-order valence-electron chi connectivity index (χ0n) is 12.5. The highest BCUT2D eigenvalue weighted by Gasteiger charge is 2.28. The summed E-state index contributed by atoms with van der Waals surface area (Å²) in [6, 6.07) is 2.01. The van der Waals surface area contributed by atoms with Crippen LogP contribution in [-0.4, -0.2) is 29.9 Å². The van der Waals surface area contributed by atoms with E-state index in [1.165, 1.54) is 11.8 Å². The highest BCUT2D eigenvalue weighted by atomic mass is 32.2. The summed E-state index contributed by atoms with van der Waals surface area (Å²) >= 11 is 1.43. The molecule has 5 heteroatoms. The van der Waals surface area contributed by atoms with Gasteiger partial charge >= 0.3 is 5.97 Å². The van der Waals surface area contributed by atoms with E-state index in [2.05, 4.69) is 18.8 Å². The first-order valence-corrected chi connectivity index (χ1v) is 7.82. The Labute approximate surface area is 124 Å². The van der Waals surface area contributed by atoms with Crippen LogP contribution in [0.4, 0.5) is 0 Å². The van der Waals surface area contributed by atoms with Crippen molar-refractivity contribution in [2.75, 3.05) is 18.9 Å². The summed E-state index contributed by atoms with van der Waals surface area (Å²) in [6.45, 7) is 9.26. The van der Waals surface area contributed by atoms with Crippen molar-refractivity contribution in [1.29, 1.82) is 0 Å². The average Bonchev–Trinajstić information content (AvgIpc) is 2.64. The molecule has 2 heterocycles. The van der Waals surface area contributed by atoms with Gasteiger partial charge in [0.25, 0.3) is 0 Å². The number of thioether (sulfide) groups is 1. The molecule has 0 amide bonds. The van der Waals surface area contributed by atoms with Gasteiger partial charge in [0.1, 0.15) is 16.6 Å². The lowest BCUT2D eigenvalue weighted by Gasteiger charge is -2.19. The minimum atomic E-state index is -0.203. The van der Waals surface area contributed by atoms with Gasteiger partial charge in [-0.05, 0) is 25.3 Å². The Bertz CT molecular complexity index is 531. The first-order valence-electron chi connectivity index (χ1n) is 6.84. The van der Waals surface area contributed by atoms with E-state index >= 15 is 0 Å². The van der Waals surface area contributed by atoms with Crippen LogP contribution in [-0.2, 0) is 16.0 Å². The van der Waals surface area contributed by atoms with Gasteiger partial charge in [-0.3, -0.25) is 9.79 Å². The predicted molar refractivity (Wildman–Crippen MR) is 81.4 cm³/mol. The Hall–Kier alpha value is -1.23. The largest absolute Gasteiger partial charge is 0.466 e. The number of ether oxygens (including phenoxy) is 1. The number of aliphatic imine (C=N–C) groups is 1. The predicted octanol–water partition coefficient (Wildman–Crippen LogP) is 3.21. The maximum absolute atomic E-state index is 11.5. The van der Waals surface area contributed by atoms with Crippen molar-refractivity contribution >= 4 is 22.8 Å². The van der Waals surface area contributed by atoms with E-state index in [1.54, 1.807) is 0 Å². The SMILES string of the molecule is CCOC(=O)CSC1=NCC(C)(C)Cc2oc(C)cc21. The Morgan fingerprint density at radius 2 is 2.30 bits per heavy atom. The summed E-state index contributed by atoms with van der Waals surface area (Å²) in [5, 5.41) is 0.885. The molecule has 1 aromatic heterocycles. The van der Waals surface area contributed by atoms with Crippen molar-refractivity contribution in [2.45, 2.75) is 34.1 Å². The highest BCUT2D eigenvalue weighted by Crippen LogP contribution is 2.32. The van der Waals surface area contributed by atoms with Crippen LogP contribution in [0.25, 0.3) is 0 Å². The summed E-state index contributed by atoms with van der Waals surface area (Å²) in [5.74, 6) is 1.94. The molecule has 0 aliphatic carbocycles. The van der Waals surface area contributed by atoms with Crippen LogP contribution in [0, 0.1) is 12.3 Å². The first kappa shape index (κ1) is 15.2. The molecule has 4 nitrogen and oxygen atoms in total. The standard InChI is InChI=1S/C15H21NO3S/c1-5-18-13(17)8-20-14-11-6-10(2)19-12(11)7-15(3,4)9-16-14/h6H,5,7-9H2,1-4H3. The van der Waals surface area contributed by atoms with Gasteiger partial charge in [-0.25, -0.2) is 0 Å². The lowest BCUT2D eigenvalue weighted by molar-refractivity contribution is -0.139. The normalized spacial score (nSPS) is 17.1. The lowest BCUT2D eigenvalue weighted by atomic mass is 9.88. The van der Waals surface area contributed by atoms with Crippen LogP contribution in [0.15, 0.2) is 15.5 Å². The summed E-state index contributed by atoms with van der Waals surface area (Å²) in [4.78, 5) is 16.2. The van der Waals surface area contributed by atoms with E-state index in [4.69, 9.17) is 9.15 Å². The van der Waals surface area contributed by atoms with Crippen molar-refractivity contribution in [3.8, 4) is 0 Å². The van der Waals surface area contributed by atoms with Crippen LogP contribution in [0.3, 0.4) is 0 Å². The van der Waals surface area contributed by atoms with E-state index in [-0.39, 0.29) is 17.1 Å². The second kappa shape index (κ2) is 6.04. The molecule has 20 heavy (non-hydrogen) atoms. The van der Waals surface area contributed by atoms with Gasteiger partial charge in [-0.2, -0.15) is 0 Å². The first-order chi connectivity index (χ1) is 9.41. The minimum Gasteiger partial charge on any atom is -0.466 e. The second-order valence-electron chi connectivity index (χ2n) is 5.75. The molecule has 0 fully saturated rings. The van der Waals surface area contributed by atoms with Crippen LogP contribution in [0.5, 0.6) is 0 Å². The van der Waals surface area contributed by atoms with Gasteiger partial charge in [0.15, 0.2) is 0 Å². The van der Waals surface area contributed by atoms with Crippen LogP contribution in [0.1, 0.15) is 37.9 Å². The third kappa shape index (κ3) is 3.66. The molecule has 2 rings (SSSR count). The summed E-state index contributed by atoms with van der Waals surface area (Å²) in [7, 11) is 0. The van der Waals surface area contributed by atoms with Crippen molar-refractivity contribution < 1.29 is 13.9 Å². The number of carbonyl (C=O) groups excluding carboxylic acids is 1. The summed E-state index contributed by atoms with van der Waals surface area (Å²) in [6.07, 6.45) is 0.864. The molecule has 0 N–H and O–H groups in total. The Morgan fingerprint density at radius 3 is 3.00 bits per heavy atom. The quantitative estimate of drug-likeness (QED) is 0.803. The van der Waals surface area contributed by atoms with E-state index in [1.807, 2.05) is 19.9 Å². The summed E-state index contributed by atoms with van der Waals surface area (Å²) < 4.78 is 10.8. The minimum absolute atomic E-state index is 0.0747. The van der Waals surface area contributed by atoms with E-state index < -0.39 is 0 Å². The van der Waals surface area contributed by atoms with Crippen LogP contribution < -0.4 is 0 Å². The van der Waals surface area contributed by atoms with Gasteiger partial charge < -0.3 is 9.15 Å². The Morgan fingerprint density at radius 1 is 1.55 bits per heavy atom. The van der Waals surface area contributed by atoms with Gasteiger partial charge in [-0.15, -0.1) is 0 Å². The lowest BCUT2D eigenvalue weighted by Crippen LogP contribution is -2.17. The molecule has 0 radical (unpaired) electrons. The maximum atomic E-state index is 11.5. The molecular weight excluding hydrogens is 274 g/mol. The Balaban J connectivity index is 2.19. The number of aryl methyl sites for hydroxylation is 1. The van der Waals surface area contributed by atoms with Crippen molar-refractivity contribution in [3.63, 3.8) is 0 Å². The fourth-order valence-corrected chi connectivity index (χ4v) is 3.01. The fraction of sp³-hybridized carbons (Fsp3) is 0.600. The van der Waals surface area contributed by atoms with E-state index in [0.29, 0.717) is 6.61 Å². The molecule has 0 bridgehead atoms. The molecule has 0 saturated carbocycles. The molecule has 0 atom stereocenters. The molecule has 0 unspecified atom stereocenters. The molecule has 1 aliphatic rings. The topological polar surface area (TPSA) is 51.8 Å². The maximum Gasteiger partial charge on any atom is 0.316 e. The van der Waals surface area contributed by atoms with Gasteiger partial charge in [0.05, 0.1) is 12.4 Å². The monoisotopic (exact) mass is 295 g/mol. The average molecular weight is 295 g/mol. The second-order valence-corrected chi connectivity index (χ2v) is 6.71. The highest BCUT2D eigenvalue weighted by molar-refractivity contribution is 8.14. The van der Waals surface area contributed by atoms with Gasteiger partial charge in [0.2, 0.25) is 0 Å². The molecular formula is C15H21NO3S. The number of hydrogen-bond donors (Lipinski definition) is 0. The number of hydrogen-bond acceptors (Lipinski definition) is 5. The van der Waals surface area contributed by atoms with Gasteiger partial charge in [-0.1, -0.05) is 25.6 Å². The number of esters is 1. The number of carbonyl (C=O) groups is 1. The van der Waals surface area contributed by atoms with Crippen LogP contribution >= 0.6 is 11.8 Å². The fourth-order valence-electron chi connectivity index (χ4n) is 2.19. The van der Waals surface area contributed by atoms with E-state index in [0.717, 1.165) is 35.1 Å². The number of rotatable bonds is 3. The van der Waals surface area contributed by atoms with E-state index in [9.17, 15) is 4.79 Å². The molecule has 1 aromatic rings. The third-order valence-corrected chi connectivity index (χ3v) is 4.09. The molecule has 110 valence electrons. The van der Waals surface area contributed by atoms with Crippen molar-refractivity contribution in [3.05, 3.63) is 23.2 Å². The van der Waals surface area contributed by atoms with Gasteiger partial charge in [0, 0.05) is 18.5 Å². The third-order valence-electron chi connectivity index (χ3n) is 3.08. The smallest absolute Gasteiger partial charge is 0.316 e. The number of furan rings is 1. The number of fused-ring (bicyclic) bond motifs is 1.